The molecule has 0 atom stereocenters. The molecule has 0 spiro atoms. The van der Waals surface area contributed by atoms with Crippen molar-refractivity contribution in [3.05, 3.63) is 128 Å². The Balaban J connectivity index is 0. The number of aliphatic carboxylic acids is 2. The number of rotatable bonds is 7. The van der Waals surface area contributed by atoms with Crippen LogP contribution in [-0.2, 0) is 20.8 Å². The number of ketones is 1. The van der Waals surface area contributed by atoms with Gasteiger partial charge in [-0.3, -0.25) is 19.2 Å². The van der Waals surface area contributed by atoms with Gasteiger partial charge >= 0.3 is 23.2 Å². The van der Waals surface area contributed by atoms with Gasteiger partial charge < -0.3 is 19.0 Å². The zero-order valence-electron chi connectivity index (χ0n) is 28.4. The first-order valence-corrected chi connectivity index (χ1v) is 15.6. The Morgan fingerprint density at radius 2 is 1.00 bits per heavy atom. The summed E-state index contributed by atoms with van der Waals surface area (Å²) in [4.78, 5) is 64.3. The van der Waals surface area contributed by atoms with Gasteiger partial charge in [0.25, 0.3) is 0 Å². The van der Waals surface area contributed by atoms with Gasteiger partial charge in [-0.2, -0.15) is 0 Å². The average molecular weight is 677 g/mol. The van der Waals surface area contributed by atoms with Crippen LogP contribution in [-0.4, -0.2) is 34.2 Å². The summed E-state index contributed by atoms with van der Waals surface area (Å²) in [6, 6.07) is 25.6. The summed E-state index contributed by atoms with van der Waals surface area (Å²) >= 11 is 0. The molecule has 10 nitrogen and oxygen atoms in total. The van der Waals surface area contributed by atoms with Gasteiger partial charge in [-0.15, -0.1) is 0 Å². The minimum Gasteiger partial charge on any atom is -0.481 e. The number of carboxylic acids is 2. The number of aryl methyl sites for hydroxylation is 1. The van der Waals surface area contributed by atoms with E-state index in [0.29, 0.717) is 22.3 Å². The molecule has 0 bridgehead atoms. The average Bonchev–Trinajstić information content (AvgIpc) is 3.08. The molecule has 0 fully saturated rings. The number of para-hydroxylation sites is 2. The summed E-state index contributed by atoms with van der Waals surface area (Å²) in [5.74, 6) is -3.39. The molecule has 0 aliphatic carbocycles. The Morgan fingerprint density at radius 1 is 0.633 bits per heavy atom. The van der Waals surface area contributed by atoms with Crippen molar-refractivity contribution in [1.82, 2.24) is 0 Å². The number of hydrogen-bond acceptors (Lipinski definition) is 8. The molecule has 5 aromatic rings. The zero-order valence-corrected chi connectivity index (χ0v) is 28.4. The van der Waals surface area contributed by atoms with Crippen molar-refractivity contribution in [3.63, 3.8) is 0 Å². The van der Waals surface area contributed by atoms with Crippen LogP contribution in [0.4, 0.5) is 0 Å². The molecule has 0 saturated heterocycles. The zero-order chi connectivity index (χ0) is 36.6. The highest BCUT2D eigenvalue weighted by Gasteiger charge is 2.12. The van der Waals surface area contributed by atoms with E-state index < -0.39 is 41.8 Å². The molecule has 264 valence electrons. The van der Waals surface area contributed by atoms with E-state index in [1.54, 1.807) is 24.3 Å². The molecule has 49 heavy (non-hydrogen) atoms. The van der Waals surface area contributed by atoms with Gasteiger partial charge in [0.15, 0.2) is 5.78 Å². The number of carbonyl (C=O) groups is 4. The fourth-order valence-corrected chi connectivity index (χ4v) is 3.78. The van der Waals surface area contributed by atoms with Crippen molar-refractivity contribution in [2.24, 2.45) is 0 Å². The largest absolute Gasteiger partial charge is 0.481 e. The van der Waals surface area contributed by atoms with Crippen molar-refractivity contribution < 1.29 is 38.2 Å². The van der Waals surface area contributed by atoms with Crippen molar-refractivity contribution in [1.29, 1.82) is 0 Å². The van der Waals surface area contributed by atoms with Crippen LogP contribution in [0.15, 0.2) is 103 Å². The van der Waals surface area contributed by atoms with Crippen LogP contribution < -0.4 is 11.3 Å². The van der Waals surface area contributed by atoms with Crippen LogP contribution in [0, 0.1) is 6.92 Å². The molecule has 2 N–H and O–H groups in total. The summed E-state index contributed by atoms with van der Waals surface area (Å²) in [6.07, 6.45) is -0.381. The maximum atomic E-state index is 12.1. The van der Waals surface area contributed by atoms with E-state index in [1.807, 2.05) is 109 Å². The lowest BCUT2D eigenvalue weighted by atomic mass is 10.1. The van der Waals surface area contributed by atoms with E-state index in [4.69, 9.17) is 19.0 Å². The van der Waals surface area contributed by atoms with Gasteiger partial charge in [0.2, 0.25) is 0 Å². The van der Waals surface area contributed by atoms with Gasteiger partial charge in [0.05, 0.1) is 0 Å². The molecule has 0 aliphatic rings. The van der Waals surface area contributed by atoms with Gasteiger partial charge in [0, 0.05) is 33.9 Å². The lowest BCUT2D eigenvalue weighted by molar-refractivity contribution is -0.143. The first-order valence-electron chi connectivity index (χ1n) is 15.6. The second-order valence-electron chi connectivity index (χ2n) is 9.02. The third-order valence-corrected chi connectivity index (χ3v) is 5.82. The highest BCUT2D eigenvalue weighted by Crippen LogP contribution is 2.17. The highest BCUT2D eigenvalue weighted by molar-refractivity contribution is 6.02. The van der Waals surface area contributed by atoms with Crippen LogP contribution >= 0.6 is 0 Å². The van der Waals surface area contributed by atoms with Crippen LogP contribution in [0.2, 0.25) is 0 Å². The maximum absolute atomic E-state index is 12.1. The molecular weight excluding hydrogens is 628 g/mol. The molecule has 0 aliphatic heterocycles. The molecule has 2 heterocycles. The van der Waals surface area contributed by atoms with E-state index in [2.05, 4.69) is 0 Å². The van der Waals surface area contributed by atoms with Gasteiger partial charge in [-0.05, 0) is 36.8 Å². The lowest BCUT2D eigenvalue weighted by Crippen LogP contribution is -2.13. The summed E-state index contributed by atoms with van der Waals surface area (Å²) in [5.41, 5.74) is 2.88. The molecule has 0 unspecified atom stereocenters. The molecule has 5 rings (SSSR count). The molecule has 3 aromatic carbocycles. The number of carbonyl (C=O) groups excluding carboxylic acids is 2. The second kappa shape index (κ2) is 25.4. The van der Waals surface area contributed by atoms with Gasteiger partial charge in [0.1, 0.15) is 30.3 Å². The number of carboxylic acid groups (broad SMARTS) is 2. The van der Waals surface area contributed by atoms with Crippen LogP contribution in [0.25, 0.3) is 21.9 Å². The van der Waals surface area contributed by atoms with Crippen molar-refractivity contribution >= 4 is 45.9 Å². The van der Waals surface area contributed by atoms with E-state index in [0.717, 1.165) is 28.2 Å². The predicted molar refractivity (Wildman–Crippen MR) is 195 cm³/mol. The number of hydrogen-bond donors (Lipinski definition) is 2. The first kappa shape index (κ1) is 45.5. The first-order chi connectivity index (χ1) is 23.1. The Kier molecular flexibility index (Phi) is 23.6. The Labute approximate surface area is 287 Å². The molecule has 0 saturated carbocycles. The van der Waals surface area contributed by atoms with Gasteiger partial charge in [-0.25, -0.2) is 9.59 Å². The molecule has 0 radical (unpaired) electrons. The summed E-state index contributed by atoms with van der Waals surface area (Å²) in [5, 5.41) is 17.6. The number of Topliss-reactive ketones (excluding diaryl/α,β-unsaturated/α-hetero) is 1. The summed E-state index contributed by atoms with van der Waals surface area (Å²) < 4.78 is 10.6. The topological polar surface area (TPSA) is 169 Å². The number of benzene rings is 3. The minimum absolute atomic E-state index is 0. The highest BCUT2D eigenvalue weighted by atomic mass is 16.4. The van der Waals surface area contributed by atoms with E-state index >= 15 is 0 Å². The van der Waals surface area contributed by atoms with Crippen LogP contribution in [0.1, 0.15) is 88.9 Å². The third kappa shape index (κ3) is 16.2. The SMILES string of the molecule is C.CC.CC.CC.Cc1ccccc1C=O.O=C(O)CC(=O)CC(=O)O.O=c1oc2ccccc2cc1Cc1cc2ccccc2oc1=O. The molecular formula is C39H48O10. The van der Waals surface area contributed by atoms with Crippen LogP contribution in [0.5, 0.6) is 0 Å². The van der Waals surface area contributed by atoms with Crippen molar-refractivity contribution in [2.45, 2.75) is 75.2 Å². The van der Waals surface area contributed by atoms with Crippen LogP contribution in [0.3, 0.4) is 0 Å². The van der Waals surface area contributed by atoms with E-state index in [1.165, 1.54) is 0 Å². The third-order valence-electron chi connectivity index (χ3n) is 5.82. The lowest BCUT2D eigenvalue weighted by Gasteiger charge is -2.03. The fourth-order valence-electron chi connectivity index (χ4n) is 3.78. The quantitative estimate of drug-likeness (QED) is 0.0968. The summed E-state index contributed by atoms with van der Waals surface area (Å²) in [6.45, 7) is 13.9. The minimum atomic E-state index is -1.30. The Hall–Kier alpha value is -5.64. The van der Waals surface area contributed by atoms with E-state index in [9.17, 15) is 28.8 Å². The second-order valence-corrected chi connectivity index (χ2v) is 9.02. The van der Waals surface area contributed by atoms with Gasteiger partial charge in [-0.1, -0.05) is 110 Å². The molecule has 0 amide bonds. The maximum Gasteiger partial charge on any atom is 0.339 e. The Morgan fingerprint density at radius 3 is 1.35 bits per heavy atom. The standard InChI is InChI=1S/C19H12O4.C8H8O.C5H6O5.3C2H6.CH4/c20-18-14(9-12-5-1-3-7-16(12)22-18)11-15-10-13-6-2-4-8-17(13)23-19(15)21;1-7-4-2-3-5-8(7)6-9;6-3(1-4(7)8)2-5(9)10;3*1-2;/h1-10H,11H2;2-6H,1H3;1-2H2,(H,7,8)(H,9,10);3*1-2H3;1H4. The predicted octanol–water partition coefficient (Wildman–Crippen LogP) is 8.52. The Bertz CT molecular complexity index is 1760. The van der Waals surface area contributed by atoms with E-state index in [-0.39, 0.29) is 13.8 Å². The van der Waals surface area contributed by atoms with Crippen molar-refractivity contribution in [3.8, 4) is 0 Å². The monoisotopic (exact) mass is 676 g/mol. The summed E-state index contributed by atoms with van der Waals surface area (Å²) in [7, 11) is 0. The van der Waals surface area contributed by atoms with Crippen molar-refractivity contribution in [2.75, 3.05) is 0 Å². The number of fused-ring (bicyclic) bond motifs is 2. The number of aldehydes is 1. The molecule has 2 aromatic heterocycles. The normalized spacial score (nSPS) is 9.04. The molecule has 10 heteroatoms. The fraction of sp³-hybridized carbons (Fsp3) is 0.282. The smallest absolute Gasteiger partial charge is 0.339 e.